The van der Waals surface area contributed by atoms with Crippen molar-refractivity contribution in [3.63, 3.8) is 0 Å². The number of aromatic nitrogens is 2. The summed E-state index contributed by atoms with van der Waals surface area (Å²) in [6, 6.07) is 2.09. The SMILES string of the molecule is CCc1cc(N2CC3(COC3)C2)ncn1. The second kappa shape index (κ2) is 3.17. The van der Waals surface area contributed by atoms with Crippen LogP contribution in [-0.2, 0) is 11.2 Å². The second-order valence-electron chi connectivity index (χ2n) is 4.57. The van der Waals surface area contributed by atoms with Crippen molar-refractivity contribution >= 4 is 5.82 Å². The molecule has 0 amide bonds. The highest BCUT2D eigenvalue weighted by Gasteiger charge is 2.49. The Morgan fingerprint density at radius 3 is 2.80 bits per heavy atom. The smallest absolute Gasteiger partial charge is 0.132 e. The normalized spacial score (nSPS) is 22.3. The Balaban J connectivity index is 1.72. The van der Waals surface area contributed by atoms with E-state index in [1.165, 1.54) is 0 Å². The third kappa shape index (κ3) is 1.40. The molecule has 2 aliphatic heterocycles. The fourth-order valence-electron chi connectivity index (χ4n) is 2.25. The van der Waals surface area contributed by atoms with Gasteiger partial charge in [0, 0.05) is 24.8 Å². The highest BCUT2D eigenvalue weighted by Crippen LogP contribution is 2.39. The summed E-state index contributed by atoms with van der Waals surface area (Å²) >= 11 is 0. The van der Waals surface area contributed by atoms with Crippen LogP contribution in [-0.4, -0.2) is 36.3 Å². The molecule has 0 radical (unpaired) electrons. The maximum atomic E-state index is 5.25. The van der Waals surface area contributed by atoms with Crippen molar-refractivity contribution in [3.05, 3.63) is 18.1 Å². The van der Waals surface area contributed by atoms with Crippen LogP contribution in [0.4, 0.5) is 5.82 Å². The molecule has 80 valence electrons. The van der Waals surface area contributed by atoms with Gasteiger partial charge < -0.3 is 9.64 Å². The minimum absolute atomic E-state index is 0.456. The molecule has 3 rings (SSSR count). The van der Waals surface area contributed by atoms with Crippen molar-refractivity contribution < 1.29 is 4.74 Å². The molecule has 2 saturated heterocycles. The van der Waals surface area contributed by atoms with E-state index in [0.717, 1.165) is 44.2 Å². The zero-order chi connectivity index (χ0) is 10.3. The molecule has 4 heteroatoms. The molecule has 15 heavy (non-hydrogen) atoms. The van der Waals surface area contributed by atoms with Gasteiger partial charge in [-0.2, -0.15) is 0 Å². The van der Waals surface area contributed by atoms with Crippen molar-refractivity contribution in [2.45, 2.75) is 13.3 Å². The minimum atomic E-state index is 0.456. The fourth-order valence-corrected chi connectivity index (χ4v) is 2.25. The molecule has 0 saturated carbocycles. The van der Waals surface area contributed by atoms with Gasteiger partial charge in [-0.25, -0.2) is 9.97 Å². The molecule has 2 aliphatic rings. The van der Waals surface area contributed by atoms with Crippen LogP contribution in [0.5, 0.6) is 0 Å². The molecule has 1 aromatic heterocycles. The standard InChI is InChI=1S/C11H15N3O/c1-2-9-3-10(13-8-12-9)14-4-11(5-14)6-15-7-11/h3,8H,2,4-7H2,1H3. The number of hydrogen-bond donors (Lipinski definition) is 0. The van der Waals surface area contributed by atoms with Crippen LogP contribution in [0.3, 0.4) is 0 Å². The Hall–Kier alpha value is -1.16. The minimum Gasteiger partial charge on any atom is -0.380 e. The van der Waals surface area contributed by atoms with Crippen LogP contribution in [0.15, 0.2) is 12.4 Å². The summed E-state index contributed by atoms with van der Waals surface area (Å²) < 4.78 is 5.25. The van der Waals surface area contributed by atoms with E-state index >= 15 is 0 Å². The summed E-state index contributed by atoms with van der Waals surface area (Å²) in [4.78, 5) is 10.8. The van der Waals surface area contributed by atoms with Crippen LogP contribution in [0.25, 0.3) is 0 Å². The van der Waals surface area contributed by atoms with E-state index in [4.69, 9.17) is 4.74 Å². The van der Waals surface area contributed by atoms with Crippen LogP contribution in [0, 0.1) is 5.41 Å². The lowest BCUT2D eigenvalue weighted by molar-refractivity contribution is -0.127. The molecule has 3 heterocycles. The first-order valence-corrected chi connectivity index (χ1v) is 5.45. The first kappa shape index (κ1) is 9.09. The van der Waals surface area contributed by atoms with Crippen LogP contribution < -0.4 is 4.90 Å². The van der Waals surface area contributed by atoms with Crippen molar-refractivity contribution in [1.82, 2.24) is 9.97 Å². The van der Waals surface area contributed by atoms with Gasteiger partial charge in [0.25, 0.3) is 0 Å². The van der Waals surface area contributed by atoms with Crippen LogP contribution >= 0.6 is 0 Å². The molecule has 0 unspecified atom stereocenters. The molecule has 2 fully saturated rings. The van der Waals surface area contributed by atoms with E-state index in [-0.39, 0.29) is 0 Å². The number of ether oxygens (including phenoxy) is 1. The van der Waals surface area contributed by atoms with E-state index in [9.17, 15) is 0 Å². The quantitative estimate of drug-likeness (QED) is 0.718. The molecule has 0 N–H and O–H groups in total. The summed E-state index contributed by atoms with van der Waals surface area (Å²) in [7, 11) is 0. The lowest BCUT2D eigenvalue weighted by Crippen LogP contribution is -2.66. The van der Waals surface area contributed by atoms with E-state index in [1.807, 2.05) is 0 Å². The highest BCUT2D eigenvalue weighted by atomic mass is 16.5. The molecule has 0 aliphatic carbocycles. The lowest BCUT2D eigenvalue weighted by Gasteiger charge is -2.55. The fraction of sp³-hybridized carbons (Fsp3) is 0.636. The van der Waals surface area contributed by atoms with E-state index in [1.54, 1.807) is 6.33 Å². The van der Waals surface area contributed by atoms with Crippen molar-refractivity contribution in [3.8, 4) is 0 Å². The van der Waals surface area contributed by atoms with Gasteiger partial charge in [-0.05, 0) is 6.42 Å². The molecular weight excluding hydrogens is 190 g/mol. The van der Waals surface area contributed by atoms with E-state index < -0.39 is 0 Å². The lowest BCUT2D eigenvalue weighted by atomic mass is 9.78. The summed E-state index contributed by atoms with van der Waals surface area (Å²) in [5.41, 5.74) is 1.57. The zero-order valence-corrected chi connectivity index (χ0v) is 8.94. The number of nitrogens with zero attached hydrogens (tertiary/aromatic N) is 3. The molecule has 1 aromatic rings. The molecule has 0 aromatic carbocycles. The van der Waals surface area contributed by atoms with Gasteiger partial charge in [0.05, 0.1) is 18.6 Å². The molecule has 0 atom stereocenters. The van der Waals surface area contributed by atoms with Crippen molar-refractivity contribution in [1.29, 1.82) is 0 Å². The summed E-state index contributed by atoms with van der Waals surface area (Å²) in [5.74, 6) is 1.07. The average Bonchev–Trinajstić information content (AvgIpc) is 2.14. The van der Waals surface area contributed by atoms with Gasteiger partial charge in [0.1, 0.15) is 12.1 Å². The van der Waals surface area contributed by atoms with Gasteiger partial charge in [-0.15, -0.1) is 0 Å². The Kier molecular flexibility index (Phi) is 1.92. The molecule has 0 bridgehead atoms. The largest absolute Gasteiger partial charge is 0.380 e. The average molecular weight is 205 g/mol. The van der Waals surface area contributed by atoms with Gasteiger partial charge in [0.2, 0.25) is 0 Å². The molecule has 4 nitrogen and oxygen atoms in total. The predicted molar refractivity (Wildman–Crippen MR) is 56.9 cm³/mol. The Labute approximate surface area is 89.3 Å². The third-order valence-electron chi connectivity index (χ3n) is 3.26. The van der Waals surface area contributed by atoms with Crippen LogP contribution in [0.2, 0.25) is 0 Å². The highest BCUT2D eigenvalue weighted by molar-refractivity contribution is 5.44. The number of hydrogen-bond acceptors (Lipinski definition) is 4. The number of aryl methyl sites for hydroxylation is 1. The van der Waals surface area contributed by atoms with Crippen molar-refractivity contribution in [2.75, 3.05) is 31.2 Å². The second-order valence-corrected chi connectivity index (χ2v) is 4.57. The summed E-state index contributed by atoms with van der Waals surface area (Å²) in [6.07, 6.45) is 2.63. The topological polar surface area (TPSA) is 38.2 Å². The van der Waals surface area contributed by atoms with Crippen LogP contribution in [0.1, 0.15) is 12.6 Å². The Bertz CT molecular complexity index is 368. The zero-order valence-electron chi connectivity index (χ0n) is 8.94. The number of anilines is 1. The van der Waals surface area contributed by atoms with Gasteiger partial charge in [-0.3, -0.25) is 0 Å². The predicted octanol–water partition coefficient (Wildman–Crippen LogP) is 0.876. The van der Waals surface area contributed by atoms with E-state index in [2.05, 4.69) is 27.9 Å². The van der Waals surface area contributed by atoms with Gasteiger partial charge in [-0.1, -0.05) is 6.92 Å². The monoisotopic (exact) mass is 205 g/mol. The summed E-state index contributed by atoms with van der Waals surface area (Å²) in [6.45, 7) is 6.15. The number of rotatable bonds is 2. The summed E-state index contributed by atoms with van der Waals surface area (Å²) in [5, 5.41) is 0. The maximum absolute atomic E-state index is 5.25. The van der Waals surface area contributed by atoms with Crippen molar-refractivity contribution in [2.24, 2.45) is 5.41 Å². The third-order valence-corrected chi connectivity index (χ3v) is 3.26. The first-order chi connectivity index (χ1) is 7.31. The van der Waals surface area contributed by atoms with E-state index in [0.29, 0.717) is 5.41 Å². The Morgan fingerprint density at radius 1 is 1.40 bits per heavy atom. The maximum Gasteiger partial charge on any atom is 0.132 e. The molecule has 1 spiro atoms. The van der Waals surface area contributed by atoms with Gasteiger partial charge >= 0.3 is 0 Å². The Morgan fingerprint density at radius 2 is 2.20 bits per heavy atom. The first-order valence-electron chi connectivity index (χ1n) is 5.45. The van der Waals surface area contributed by atoms with Gasteiger partial charge in [0.15, 0.2) is 0 Å². The molecular formula is C11H15N3O.